The van der Waals surface area contributed by atoms with Crippen molar-refractivity contribution in [2.24, 2.45) is 0 Å². The topological polar surface area (TPSA) is 50.8 Å². The third kappa shape index (κ3) is 2.93. The summed E-state index contributed by atoms with van der Waals surface area (Å²) in [7, 11) is 1.72. The van der Waals surface area contributed by atoms with Crippen LogP contribution < -0.4 is 5.32 Å². The second kappa shape index (κ2) is 6.20. The van der Waals surface area contributed by atoms with Gasteiger partial charge < -0.3 is 14.4 Å². The highest BCUT2D eigenvalue weighted by Crippen LogP contribution is 2.27. The minimum atomic E-state index is -0.314. The first-order valence-electron chi connectivity index (χ1n) is 7.35. The molecule has 2 aliphatic rings. The molecule has 0 aliphatic carbocycles. The minimum Gasteiger partial charge on any atom is -0.378 e. The molecular formula is C14H26N2O3. The lowest BCUT2D eigenvalue weighted by Gasteiger charge is -2.34. The smallest absolute Gasteiger partial charge is 0.241 e. The number of hydrogen-bond acceptors (Lipinski definition) is 4. The van der Waals surface area contributed by atoms with Crippen LogP contribution in [-0.2, 0) is 14.3 Å². The summed E-state index contributed by atoms with van der Waals surface area (Å²) < 4.78 is 11.1. The number of methoxy groups -OCH3 is 1. The summed E-state index contributed by atoms with van der Waals surface area (Å²) in [5, 5.41) is 3.44. The van der Waals surface area contributed by atoms with Crippen molar-refractivity contribution in [3.05, 3.63) is 0 Å². The van der Waals surface area contributed by atoms with Crippen molar-refractivity contribution in [2.45, 2.75) is 57.3 Å². The van der Waals surface area contributed by atoms with Crippen LogP contribution in [0.1, 0.15) is 39.5 Å². The van der Waals surface area contributed by atoms with Crippen molar-refractivity contribution in [2.75, 3.05) is 26.9 Å². The van der Waals surface area contributed by atoms with Crippen LogP contribution in [0.2, 0.25) is 0 Å². The SMILES string of the molecule is CCCC1NC(CC)C(=O)N1CC1(OC)CCOC1. The van der Waals surface area contributed by atoms with Crippen LogP contribution in [0.4, 0.5) is 0 Å². The van der Waals surface area contributed by atoms with E-state index in [2.05, 4.69) is 12.2 Å². The molecule has 0 spiro atoms. The first kappa shape index (κ1) is 14.8. The molecule has 5 heteroatoms. The molecule has 2 saturated heterocycles. The predicted octanol–water partition coefficient (Wildman–Crippen LogP) is 1.13. The van der Waals surface area contributed by atoms with Crippen molar-refractivity contribution in [1.82, 2.24) is 10.2 Å². The molecule has 0 bridgehead atoms. The Morgan fingerprint density at radius 1 is 1.53 bits per heavy atom. The summed E-state index contributed by atoms with van der Waals surface area (Å²) in [5.74, 6) is 0.212. The van der Waals surface area contributed by atoms with Crippen molar-refractivity contribution in [3.8, 4) is 0 Å². The van der Waals surface area contributed by atoms with Gasteiger partial charge in [0.05, 0.1) is 25.4 Å². The Hall–Kier alpha value is -0.650. The second-order valence-electron chi connectivity index (χ2n) is 5.59. The molecule has 0 aromatic rings. The van der Waals surface area contributed by atoms with E-state index in [9.17, 15) is 4.79 Å². The molecule has 1 N–H and O–H groups in total. The zero-order valence-corrected chi connectivity index (χ0v) is 12.3. The zero-order chi connectivity index (χ0) is 13.9. The van der Waals surface area contributed by atoms with E-state index < -0.39 is 0 Å². The molecule has 0 aromatic heterocycles. The molecule has 19 heavy (non-hydrogen) atoms. The highest BCUT2D eigenvalue weighted by Gasteiger charge is 2.44. The quantitative estimate of drug-likeness (QED) is 0.786. The number of hydrogen-bond donors (Lipinski definition) is 1. The molecule has 2 fully saturated rings. The van der Waals surface area contributed by atoms with Gasteiger partial charge in [0.15, 0.2) is 0 Å². The first-order chi connectivity index (χ1) is 9.15. The number of nitrogens with one attached hydrogen (secondary N) is 1. The molecule has 1 amide bonds. The van der Waals surface area contributed by atoms with Gasteiger partial charge in [0.1, 0.15) is 5.60 Å². The zero-order valence-electron chi connectivity index (χ0n) is 12.3. The molecule has 0 aromatic carbocycles. The molecule has 2 rings (SSSR count). The summed E-state index contributed by atoms with van der Waals surface area (Å²) in [6.45, 7) is 6.14. The fourth-order valence-corrected chi connectivity index (χ4v) is 2.99. The van der Waals surface area contributed by atoms with Crippen LogP contribution in [0.25, 0.3) is 0 Å². The average molecular weight is 270 g/mol. The number of nitrogens with zero attached hydrogens (tertiary/aromatic N) is 1. The minimum absolute atomic E-state index is 0.0345. The Balaban J connectivity index is 2.08. The second-order valence-corrected chi connectivity index (χ2v) is 5.59. The van der Waals surface area contributed by atoms with Gasteiger partial charge in [-0.1, -0.05) is 20.3 Å². The van der Waals surface area contributed by atoms with Gasteiger partial charge in [-0.2, -0.15) is 0 Å². The normalized spacial score (nSPS) is 35.3. The van der Waals surface area contributed by atoms with Crippen LogP contribution in [0, 0.1) is 0 Å². The van der Waals surface area contributed by atoms with Gasteiger partial charge in [0, 0.05) is 20.1 Å². The van der Waals surface area contributed by atoms with Crippen molar-refractivity contribution >= 4 is 5.91 Å². The van der Waals surface area contributed by atoms with Crippen LogP contribution in [0.15, 0.2) is 0 Å². The summed E-state index contributed by atoms with van der Waals surface area (Å²) in [4.78, 5) is 14.4. The van der Waals surface area contributed by atoms with Gasteiger partial charge in [-0.25, -0.2) is 0 Å². The van der Waals surface area contributed by atoms with Crippen LogP contribution >= 0.6 is 0 Å². The third-order valence-corrected chi connectivity index (χ3v) is 4.28. The molecule has 3 atom stereocenters. The van der Waals surface area contributed by atoms with E-state index in [-0.39, 0.29) is 23.7 Å². The molecule has 2 heterocycles. The Morgan fingerprint density at radius 2 is 2.32 bits per heavy atom. The van der Waals surface area contributed by atoms with Crippen molar-refractivity contribution in [1.29, 1.82) is 0 Å². The maximum atomic E-state index is 12.4. The van der Waals surface area contributed by atoms with Gasteiger partial charge in [-0.05, 0) is 12.8 Å². The highest BCUT2D eigenvalue weighted by molar-refractivity contribution is 5.84. The van der Waals surface area contributed by atoms with E-state index in [1.807, 2.05) is 11.8 Å². The molecular weight excluding hydrogens is 244 g/mol. The Bertz CT molecular complexity index is 316. The lowest BCUT2D eigenvalue weighted by Crippen LogP contribution is -2.49. The summed E-state index contributed by atoms with van der Waals surface area (Å²) in [6.07, 6.45) is 3.90. The van der Waals surface area contributed by atoms with E-state index >= 15 is 0 Å². The summed E-state index contributed by atoms with van der Waals surface area (Å²) >= 11 is 0. The van der Waals surface area contributed by atoms with Crippen LogP contribution in [0.5, 0.6) is 0 Å². The van der Waals surface area contributed by atoms with E-state index in [0.29, 0.717) is 13.2 Å². The summed E-state index contributed by atoms with van der Waals surface area (Å²) in [5.41, 5.74) is -0.314. The van der Waals surface area contributed by atoms with Gasteiger partial charge >= 0.3 is 0 Å². The van der Waals surface area contributed by atoms with E-state index in [1.165, 1.54) is 0 Å². The summed E-state index contributed by atoms with van der Waals surface area (Å²) in [6, 6.07) is -0.0345. The standard InChI is InChI=1S/C14H26N2O3/c1-4-6-12-15-11(5-2)13(17)16(12)9-14(18-3)7-8-19-10-14/h11-12,15H,4-10H2,1-3H3. The largest absolute Gasteiger partial charge is 0.378 e. The average Bonchev–Trinajstić information content (AvgIpc) is 2.99. The Kier molecular flexibility index (Phi) is 4.81. The molecule has 0 saturated carbocycles. The molecule has 5 nitrogen and oxygen atoms in total. The number of rotatable bonds is 6. The lowest BCUT2D eigenvalue weighted by atomic mass is 10.0. The third-order valence-electron chi connectivity index (χ3n) is 4.28. The highest BCUT2D eigenvalue weighted by atomic mass is 16.5. The number of carbonyl (C=O) groups excluding carboxylic acids is 1. The number of carbonyl (C=O) groups is 1. The van der Waals surface area contributed by atoms with Crippen LogP contribution in [-0.4, -0.2) is 55.5 Å². The lowest BCUT2D eigenvalue weighted by molar-refractivity contribution is -0.135. The van der Waals surface area contributed by atoms with Gasteiger partial charge in [-0.3, -0.25) is 10.1 Å². The predicted molar refractivity (Wildman–Crippen MR) is 72.8 cm³/mol. The first-order valence-corrected chi connectivity index (χ1v) is 7.35. The molecule has 2 aliphatic heterocycles. The maximum Gasteiger partial charge on any atom is 0.241 e. The fraction of sp³-hybridized carbons (Fsp3) is 0.929. The molecule has 3 unspecified atom stereocenters. The van der Waals surface area contributed by atoms with E-state index in [4.69, 9.17) is 9.47 Å². The van der Waals surface area contributed by atoms with Crippen molar-refractivity contribution in [3.63, 3.8) is 0 Å². The van der Waals surface area contributed by atoms with Gasteiger partial charge in [-0.15, -0.1) is 0 Å². The van der Waals surface area contributed by atoms with Gasteiger partial charge in [0.2, 0.25) is 5.91 Å². The molecule has 110 valence electrons. The van der Waals surface area contributed by atoms with Crippen LogP contribution in [0.3, 0.4) is 0 Å². The Labute approximate surface area is 115 Å². The maximum absolute atomic E-state index is 12.4. The van der Waals surface area contributed by atoms with E-state index in [0.717, 1.165) is 32.3 Å². The number of ether oxygens (including phenoxy) is 2. The number of amides is 1. The molecule has 0 radical (unpaired) electrons. The fourth-order valence-electron chi connectivity index (χ4n) is 2.99. The Morgan fingerprint density at radius 3 is 2.84 bits per heavy atom. The van der Waals surface area contributed by atoms with Gasteiger partial charge in [0.25, 0.3) is 0 Å². The van der Waals surface area contributed by atoms with E-state index in [1.54, 1.807) is 7.11 Å². The monoisotopic (exact) mass is 270 g/mol. The van der Waals surface area contributed by atoms with Crippen molar-refractivity contribution < 1.29 is 14.3 Å².